The quantitative estimate of drug-likeness (QED) is 0.901. The number of likely N-dealkylation sites (N-methyl/N-ethyl adjacent to an activating group) is 1. The zero-order valence-corrected chi connectivity index (χ0v) is 11.9. The van der Waals surface area contributed by atoms with E-state index in [0.29, 0.717) is 11.5 Å². The Morgan fingerprint density at radius 3 is 2.32 bits per heavy atom. The Morgan fingerprint density at radius 2 is 1.84 bits per heavy atom. The van der Waals surface area contributed by atoms with Gasteiger partial charge in [0.05, 0.1) is 12.4 Å². The second-order valence-electron chi connectivity index (χ2n) is 7.36. The minimum atomic E-state index is 0.554. The molecular formula is C16H25N3. The molecule has 1 aromatic heterocycles. The molecule has 1 heterocycles. The minimum Gasteiger partial charge on any atom is -0.333 e. The highest BCUT2D eigenvalue weighted by molar-refractivity contribution is 5.06. The highest BCUT2D eigenvalue weighted by Gasteiger charge is 2.54. The maximum atomic E-state index is 4.29. The molecule has 4 fully saturated rings. The van der Waals surface area contributed by atoms with Crippen molar-refractivity contribution in [1.82, 2.24) is 14.9 Å². The van der Waals surface area contributed by atoms with Gasteiger partial charge in [0.2, 0.25) is 0 Å². The third-order valence-electron chi connectivity index (χ3n) is 6.07. The van der Waals surface area contributed by atoms with Crippen LogP contribution in [0.4, 0.5) is 0 Å². The molecule has 0 amide bonds. The lowest BCUT2D eigenvalue weighted by Gasteiger charge is -2.59. The summed E-state index contributed by atoms with van der Waals surface area (Å²) in [5.41, 5.74) is 0.554. The SMILES string of the molecule is CNCC(n1ccnc1)C12CC3CC(CC(C3)C1)C2. The number of imidazole rings is 1. The largest absolute Gasteiger partial charge is 0.333 e. The molecular weight excluding hydrogens is 234 g/mol. The van der Waals surface area contributed by atoms with Crippen LogP contribution >= 0.6 is 0 Å². The monoisotopic (exact) mass is 259 g/mol. The summed E-state index contributed by atoms with van der Waals surface area (Å²) in [4.78, 5) is 4.29. The average molecular weight is 259 g/mol. The molecule has 0 spiro atoms. The normalized spacial score (nSPS) is 41.6. The zero-order valence-electron chi connectivity index (χ0n) is 11.9. The number of hydrogen-bond acceptors (Lipinski definition) is 2. The van der Waals surface area contributed by atoms with Crippen molar-refractivity contribution in [3.63, 3.8) is 0 Å². The van der Waals surface area contributed by atoms with Crippen molar-refractivity contribution in [1.29, 1.82) is 0 Å². The molecule has 1 N–H and O–H groups in total. The van der Waals surface area contributed by atoms with Gasteiger partial charge in [0.15, 0.2) is 0 Å². The van der Waals surface area contributed by atoms with Gasteiger partial charge in [-0.2, -0.15) is 0 Å². The number of aromatic nitrogens is 2. The Labute approximate surface area is 115 Å². The molecule has 0 saturated heterocycles. The predicted molar refractivity (Wildman–Crippen MR) is 75.8 cm³/mol. The Balaban J connectivity index is 1.68. The molecule has 3 heteroatoms. The highest BCUT2D eigenvalue weighted by Crippen LogP contribution is 2.63. The van der Waals surface area contributed by atoms with Gasteiger partial charge in [-0.25, -0.2) is 4.98 Å². The topological polar surface area (TPSA) is 29.9 Å². The van der Waals surface area contributed by atoms with Crippen molar-refractivity contribution in [2.24, 2.45) is 23.2 Å². The van der Waals surface area contributed by atoms with E-state index in [1.807, 2.05) is 12.5 Å². The second-order valence-corrected chi connectivity index (χ2v) is 7.36. The first-order chi connectivity index (χ1) is 9.29. The van der Waals surface area contributed by atoms with Crippen LogP contribution in [0.25, 0.3) is 0 Å². The number of rotatable bonds is 4. The van der Waals surface area contributed by atoms with Crippen molar-refractivity contribution in [3.8, 4) is 0 Å². The zero-order chi connectivity index (χ0) is 12.9. The molecule has 104 valence electrons. The highest BCUT2D eigenvalue weighted by atomic mass is 15.1. The maximum Gasteiger partial charge on any atom is 0.0949 e. The van der Waals surface area contributed by atoms with Gasteiger partial charge in [-0.15, -0.1) is 0 Å². The van der Waals surface area contributed by atoms with Gasteiger partial charge in [0.25, 0.3) is 0 Å². The third kappa shape index (κ3) is 1.85. The van der Waals surface area contributed by atoms with Crippen LogP contribution in [0.1, 0.15) is 44.6 Å². The number of nitrogens with zero attached hydrogens (tertiary/aromatic N) is 2. The second kappa shape index (κ2) is 4.34. The lowest BCUT2D eigenvalue weighted by Crippen LogP contribution is -2.51. The first-order valence-electron chi connectivity index (χ1n) is 7.91. The molecule has 0 radical (unpaired) electrons. The summed E-state index contributed by atoms with van der Waals surface area (Å²) in [6, 6.07) is 0.605. The first-order valence-corrected chi connectivity index (χ1v) is 7.91. The van der Waals surface area contributed by atoms with Crippen LogP contribution in [0.2, 0.25) is 0 Å². The molecule has 3 nitrogen and oxygen atoms in total. The summed E-state index contributed by atoms with van der Waals surface area (Å²) in [5, 5.41) is 3.43. The molecule has 4 aliphatic carbocycles. The van der Waals surface area contributed by atoms with Gasteiger partial charge in [0.1, 0.15) is 0 Å². The van der Waals surface area contributed by atoms with Gasteiger partial charge >= 0.3 is 0 Å². The minimum absolute atomic E-state index is 0.554. The molecule has 5 rings (SSSR count). The number of nitrogens with one attached hydrogen (secondary N) is 1. The maximum absolute atomic E-state index is 4.29. The predicted octanol–water partition coefficient (Wildman–Crippen LogP) is 2.86. The van der Waals surface area contributed by atoms with E-state index in [9.17, 15) is 0 Å². The van der Waals surface area contributed by atoms with E-state index in [-0.39, 0.29) is 0 Å². The first kappa shape index (κ1) is 12.0. The van der Waals surface area contributed by atoms with Crippen LogP contribution in [-0.2, 0) is 0 Å². The summed E-state index contributed by atoms with van der Waals surface area (Å²) >= 11 is 0. The Bertz CT molecular complexity index is 402. The molecule has 1 unspecified atom stereocenters. The lowest BCUT2D eigenvalue weighted by molar-refractivity contribution is -0.0819. The smallest absolute Gasteiger partial charge is 0.0949 e. The van der Waals surface area contributed by atoms with Gasteiger partial charge in [0, 0.05) is 18.9 Å². The fraction of sp³-hybridized carbons (Fsp3) is 0.812. The third-order valence-corrected chi connectivity index (χ3v) is 6.07. The molecule has 4 saturated carbocycles. The molecule has 4 bridgehead atoms. The van der Waals surface area contributed by atoms with Crippen LogP contribution in [0.15, 0.2) is 18.7 Å². The molecule has 0 aromatic carbocycles. The van der Waals surface area contributed by atoms with E-state index in [4.69, 9.17) is 0 Å². The van der Waals surface area contributed by atoms with E-state index in [0.717, 1.165) is 24.3 Å². The van der Waals surface area contributed by atoms with Crippen molar-refractivity contribution in [2.45, 2.75) is 44.6 Å². The molecule has 4 aliphatic rings. The van der Waals surface area contributed by atoms with Gasteiger partial charge in [-0.3, -0.25) is 0 Å². The summed E-state index contributed by atoms with van der Waals surface area (Å²) in [5.74, 6) is 3.07. The molecule has 1 aromatic rings. The summed E-state index contributed by atoms with van der Waals surface area (Å²) in [6.07, 6.45) is 15.1. The van der Waals surface area contributed by atoms with Crippen LogP contribution in [-0.4, -0.2) is 23.1 Å². The van der Waals surface area contributed by atoms with Gasteiger partial charge < -0.3 is 9.88 Å². The lowest BCUT2D eigenvalue weighted by atomic mass is 9.47. The fourth-order valence-corrected chi connectivity index (χ4v) is 5.87. The van der Waals surface area contributed by atoms with Gasteiger partial charge in [-0.1, -0.05) is 0 Å². The Kier molecular flexibility index (Phi) is 2.73. The van der Waals surface area contributed by atoms with E-state index in [2.05, 4.69) is 28.1 Å². The Morgan fingerprint density at radius 1 is 1.21 bits per heavy atom. The summed E-state index contributed by atoms with van der Waals surface area (Å²) < 4.78 is 2.38. The summed E-state index contributed by atoms with van der Waals surface area (Å²) in [6.45, 7) is 1.09. The van der Waals surface area contributed by atoms with Gasteiger partial charge in [-0.05, 0) is 68.7 Å². The molecule has 1 atom stereocenters. The Hall–Kier alpha value is -0.830. The van der Waals surface area contributed by atoms with E-state index < -0.39 is 0 Å². The molecule has 0 aliphatic heterocycles. The number of hydrogen-bond donors (Lipinski definition) is 1. The van der Waals surface area contributed by atoms with Crippen LogP contribution in [0, 0.1) is 23.2 Å². The standard InChI is InChI=1S/C16H25N3/c1-17-10-15(19-3-2-18-11-19)16-7-12-4-13(8-16)6-14(5-12)9-16/h2-3,11-15,17H,4-10H2,1H3. The fourth-order valence-electron chi connectivity index (χ4n) is 5.87. The van der Waals surface area contributed by atoms with E-state index in [1.54, 1.807) is 0 Å². The van der Waals surface area contributed by atoms with Crippen molar-refractivity contribution >= 4 is 0 Å². The molecule has 19 heavy (non-hydrogen) atoms. The van der Waals surface area contributed by atoms with Crippen molar-refractivity contribution in [2.75, 3.05) is 13.6 Å². The van der Waals surface area contributed by atoms with Crippen LogP contribution < -0.4 is 5.32 Å². The van der Waals surface area contributed by atoms with E-state index >= 15 is 0 Å². The summed E-state index contributed by atoms with van der Waals surface area (Å²) in [7, 11) is 2.09. The van der Waals surface area contributed by atoms with Crippen molar-refractivity contribution < 1.29 is 0 Å². The van der Waals surface area contributed by atoms with E-state index in [1.165, 1.54) is 38.5 Å². The van der Waals surface area contributed by atoms with Crippen molar-refractivity contribution in [3.05, 3.63) is 18.7 Å². The van der Waals surface area contributed by atoms with Crippen LogP contribution in [0.3, 0.4) is 0 Å². The van der Waals surface area contributed by atoms with Crippen LogP contribution in [0.5, 0.6) is 0 Å². The average Bonchev–Trinajstić information content (AvgIpc) is 2.87.